The molecule has 0 atom stereocenters. The van der Waals surface area contributed by atoms with Crippen molar-refractivity contribution in [1.82, 2.24) is 15.2 Å². The molecule has 0 amide bonds. The van der Waals surface area contributed by atoms with Crippen LogP contribution < -0.4 is 5.32 Å². The fraction of sp³-hybridized carbons (Fsp3) is 0.524. The van der Waals surface area contributed by atoms with E-state index in [4.69, 9.17) is 16.6 Å². The highest BCUT2D eigenvalue weighted by atomic mass is 32.1. The normalized spacial score (nSPS) is 15.9. The van der Waals surface area contributed by atoms with E-state index in [0.29, 0.717) is 19.1 Å². The molecule has 5 heteroatoms. The van der Waals surface area contributed by atoms with Crippen LogP contribution in [0.5, 0.6) is 0 Å². The number of thiocarbonyl (C=S) groups is 1. The van der Waals surface area contributed by atoms with Gasteiger partial charge in [0.1, 0.15) is 11.5 Å². The van der Waals surface area contributed by atoms with Crippen LogP contribution in [0.2, 0.25) is 0 Å². The third kappa shape index (κ3) is 5.84. The summed E-state index contributed by atoms with van der Waals surface area (Å²) in [6, 6.07) is 10.5. The SMILES string of the molecule is Cc1ccc(CN(Cc2ccccn2)C(=S)NC2CCCCCCC2)o1. The van der Waals surface area contributed by atoms with Gasteiger partial charge in [-0.1, -0.05) is 38.2 Å². The molecular formula is C21H29N3OS. The molecule has 4 nitrogen and oxygen atoms in total. The van der Waals surface area contributed by atoms with Gasteiger partial charge in [0, 0.05) is 12.2 Å². The highest BCUT2D eigenvalue weighted by Gasteiger charge is 2.18. The van der Waals surface area contributed by atoms with E-state index < -0.39 is 0 Å². The van der Waals surface area contributed by atoms with Crippen LogP contribution in [0.4, 0.5) is 0 Å². The Hall–Kier alpha value is -1.88. The van der Waals surface area contributed by atoms with Crippen LogP contribution in [0.25, 0.3) is 0 Å². The molecule has 2 aromatic rings. The third-order valence-electron chi connectivity index (χ3n) is 4.94. The number of aromatic nitrogens is 1. The van der Waals surface area contributed by atoms with Gasteiger partial charge in [-0.15, -0.1) is 0 Å². The van der Waals surface area contributed by atoms with Gasteiger partial charge >= 0.3 is 0 Å². The van der Waals surface area contributed by atoms with Gasteiger partial charge in [-0.3, -0.25) is 4.98 Å². The van der Waals surface area contributed by atoms with Crippen LogP contribution in [0, 0.1) is 6.92 Å². The van der Waals surface area contributed by atoms with E-state index in [-0.39, 0.29) is 0 Å². The third-order valence-corrected chi connectivity index (χ3v) is 5.32. The summed E-state index contributed by atoms with van der Waals surface area (Å²) in [7, 11) is 0. The maximum absolute atomic E-state index is 5.78. The number of nitrogens with zero attached hydrogens (tertiary/aromatic N) is 2. The predicted molar refractivity (Wildman–Crippen MR) is 109 cm³/mol. The topological polar surface area (TPSA) is 41.3 Å². The summed E-state index contributed by atoms with van der Waals surface area (Å²) >= 11 is 5.78. The summed E-state index contributed by atoms with van der Waals surface area (Å²) in [6.07, 6.45) is 10.9. The van der Waals surface area contributed by atoms with Gasteiger partial charge in [0.15, 0.2) is 5.11 Å². The van der Waals surface area contributed by atoms with E-state index in [1.807, 2.05) is 43.5 Å². The van der Waals surface area contributed by atoms with Crippen molar-refractivity contribution in [3.05, 3.63) is 53.7 Å². The smallest absolute Gasteiger partial charge is 0.169 e. The lowest BCUT2D eigenvalue weighted by Gasteiger charge is -2.29. The Labute approximate surface area is 162 Å². The molecular weight excluding hydrogens is 342 g/mol. The maximum Gasteiger partial charge on any atom is 0.169 e. The molecule has 0 radical (unpaired) electrons. The zero-order chi connectivity index (χ0) is 18.2. The largest absolute Gasteiger partial charge is 0.464 e. The minimum atomic E-state index is 0.479. The van der Waals surface area contributed by atoms with Crippen molar-refractivity contribution in [2.24, 2.45) is 0 Å². The molecule has 2 aromatic heterocycles. The Bertz CT molecular complexity index is 678. The Morgan fingerprint density at radius 3 is 2.54 bits per heavy atom. The Balaban J connectivity index is 1.67. The molecule has 26 heavy (non-hydrogen) atoms. The van der Waals surface area contributed by atoms with E-state index in [1.54, 1.807) is 0 Å². The summed E-state index contributed by atoms with van der Waals surface area (Å²) < 4.78 is 5.78. The van der Waals surface area contributed by atoms with Crippen molar-refractivity contribution < 1.29 is 4.42 Å². The summed E-state index contributed by atoms with van der Waals surface area (Å²) in [5.41, 5.74) is 1.01. The summed E-state index contributed by atoms with van der Waals surface area (Å²) in [4.78, 5) is 6.62. The summed E-state index contributed by atoms with van der Waals surface area (Å²) in [5, 5.41) is 4.42. The molecule has 1 aliphatic carbocycles. The van der Waals surface area contributed by atoms with Crippen LogP contribution in [0.15, 0.2) is 40.9 Å². The molecule has 1 aliphatic rings. The number of nitrogens with one attached hydrogen (secondary N) is 1. The number of rotatable bonds is 5. The standard InChI is InChI=1S/C21H29N3OS/c1-17-12-13-20(25-17)16-24(15-19-11-7-8-14-22-19)21(26)23-18-9-5-3-2-4-6-10-18/h7-8,11-14,18H,2-6,9-10,15-16H2,1H3,(H,23,26). The van der Waals surface area contributed by atoms with Gasteiger partial charge in [0.25, 0.3) is 0 Å². The second-order valence-electron chi connectivity index (χ2n) is 7.18. The first-order chi connectivity index (χ1) is 12.7. The number of hydrogen-bond donors (Lipinski definition) is 1. The zero-order valence-corrected chi connectivity index (χ0v) is 16.4. The van der Waals surface area contributed by atoms with Gasteiger partial charge in [-0.25, -0.2) is 0 Å². The molecule has 1 fully saturated rings. The first-order valence-electron chi connectivity index (χ1n) is 9.71. The Morgan fingerprint density at radius 2 is 1.88 bits per heavy atom. The van der Waals surface area contributed by atoms with E-state index in [0.717, 1.165) is 22.3 Å². The molecule has 0 spiro atoms. The minimum absolute atomic E-state index is 0.479. The Kier molecular flexibility index (Phi) is 7.06. The number of furan rings is 1. The lowest BCUT2D eigenvalue weighted by atomic mass is 9.97. The molecule has 140 valence electrons. The van der Waals surface area contributed by atoms with Crippen molar-refractivity contribution in [1.29, 1.82) is 0 Å². The van der Waals surface area contributed by atoms with Gasteiger partial charge in [0.05, 0.1) is 18.8 Å². The highest BCUT2D eigenvalue weighted by molar-refractivity contribution is 7.80. The van der Waals surface area contributed by atoms with Crippen LogP contribution in [0.3, 0.4) is 0 Å². The van der Waals surface area contributed by atoms with Gasteiger partial charge in [-0.2, -0.15) is 0 Å². The number of aryl methyl sites for hydroxylation is 1. The average molecular weight is 372 g/mol. The van der Waals surface area contributed by atoms with Gasteiger partial charge in [0.2, 0.25) is 0 Å². The summed E-state index contributed by atoms with van der Waals surface area (Å²) in [5.74, 6) is 1.86. The van der Waals surface area contributed by atoms with Crippen molar-refractivity contribution in [3.63, 3.8) is 0 Å². The fourth-order valence-corrected chi connectivity index (χ4v) is 3.81. The van der Waals surface area contributed by atoms with Gasteiger partial charge in [-0.05, 0) is 56.2 Å². The van der Waals surface area contributed by atoms with Crippen LogP contribution in [0.1, 0.15) is 62.2 Å². The molecule has 0 aromatic carbocycles. The second-order valence-corrected chi connectivity index (χ2v) is 7.57. The molecule has 1 saturated carbocycles. The predicted octanol–water partition coefficient (Wildman–Crippen LogP) is 4.97. The van der Waals surface area contributed by atoms with Crippen molar-refractivity contribution in [2.75, 3.05) is 0 Å². The van der Waals surface area contributed by atoms with Crippen LogP contribution in [-0.2, 0) is 13.1 Å². The molecule has 3 rings (SSSR count). The molecule has 1 N–H and O–H groups in total. The molecule has 0 aliphatic heterocycles. The van der Waals surface area contributed by atoms with Gasteiger partial charge < -0.3 is 14.6 Å². The molecule has 2 heterocycles. The lowest BCUT2D eigenvalue weighted by molar-refractivity contribution is 0.332. The van der Waals surface area contributed by atoms with Crippen LogP contribution in [-0.4, -0.2) is 21.0 Å². The highest BCUT2D eigenvalue weighted by Crippen LogP contribution is 2.18. The van der Waals surface area contributed by atoms with Crippen molar-refractivity contribution in [3.8, 4) is 0 Å². The van der Waals surface area contributed by atoms with Crippen LogP contribution >= 0.6 is 12.2 Å². The van der Waals surface area contributed by atoms with E-state index in [9.17, 15) is 0 Å². The van der Waals surface area contributed by atoms with E-state index >= 15 is 0 Å². The first-order valence-corrected chi connectivity index (χ1v) is 10.1. The zero-order valence-electron chi connectivity index (χ0n) is 15.6. The number of hydrogen-bond acceptors (Lipinski definition) is 3. The van der Waals surface area contributed by atoms with E-state index in [2.05, 4.69) is 15.2 Å². The van der Waals surface area contributed by atoms with E-state index in [1.165, 1.54) is 44.9 Å². The molecule has 0 bridgehead atoms. The van der Waals surface area contributed by atoms with Crippen molar-refractivity contribution >= 4 is 17.3 Å². The Morgan fingerprint density at radius 1 is 1.12 bits per heavy atom. The monoisotopic (exact) mass is 371 g/mol. The summed E-state index contributed by atoms with van der Waals surface area (Å²) in [6.45, 7) is 3.31. The number of pyridine rings is 1. The lowest BCUT2D eigenvalue weighted by Crippen LogP contribution is -2.44. The van der Waals surface area contributed by atoms with Crippen molar-refractivity contribution in [2.45, 2.75) is 71.0 Å². The molecule has 0 saturated heterocycles. The minimum Gasteiger partial charge on any atom is -0.464 e. The second kappa shape index (κ2) is 9.72. The fourth-order valence-electron chi connectivity index (χ4n) is 3.51. The maximum atomic E-state index is 5.78. The first kappa shape index (κ1) is 18.9. The average Bonchev–Trinajstić information content (AvgIpc) is 3.02. The molecule has 0 unspecified atom stereocenters. The quantitative estimate of drug-likeness (QED) is 0.751.